The number of hydrogen-bond donors (Lipinski definition) is 5. The van der Waals surface area contributed by atoms with E-state index in [0.717, 1.165) is 12.1 Å². The van der Waals surface area contributed by atoms with E-state index in [-0.39, 0.29) is 5.56 Å². The van der Waals surface area contributed by atoms with Crippen LogP contribution in [0.25, 0.3) is 0 Å². The summed E-state index contributed by atoms with van der Waals surface area (Å²) in [5.41, 5.74) is -0.350. The molecule has 1 aromatic rings. The molecule has 0 fully saturated rings. The first kappa shape index (κ1) is 14.3. The molecule has 0 radical (unpaired) electrons. The molecule has 0 aliphatic heterocycles. The van der Waals surface area contributed by atoms with E-state index in [2.05, 4.69) is 0 Å². The van der Waals surface area contributed by atoms with Crippen LogP contribution in [0.1, 0.15) is 16.8 Å². The Balaban J connectivity index is 2.91. The number of rotatable bonds is 5. The second-order valence-electron chi connectivity index (χ2n) is 3.64. The first-order chi connectivity index (χ1) is 8.82. The van der Waals surface area contributed by atoms with E-state index < -0.39 is 41.8 Å². The molecule has 1 aromatic carbocycles. The van der Waals surface area contributed by atoms with E-state index in [9.17, 15) is 24.6 Å². The number of aliphatic carboxylic acids is 2. The Morgan fingerprint density at radius 1 is 1.16 bits per heavy atom. The number of aromatic hydroxyl groups is 2. The largest absolute Gasteiger partial charge is 0.504 e. The summed E-state index contributed by atoms with van der Waals surface area (Å²) in [6.45, 7) is 0. The summed E-state index contributed by atoms with van der Waals surface area (Å²) in [5.74, 6) is -5.16. The lowest BCUT2D eigenvalue weighted by molar-refractivity contribution is -0.145. The zero-order valence-electron chi connectivity index (χ0n) is 9.53. The number of benzene rings is 1. The summed E-state index contributed by atoms with van der Waals surface area (Å²) < 4.78 is 0. The van der Waals surface area contributed by atoms with Crippen LogP contribution in [0.15, 0.2) is 18.2 Å². The number of carbonyl (C=O) groups excluding carboxylic acids is 1. The molecule has 0 saturated heterocycles. The van der Waals surface area contributed by atoms with Crippen LogP contribution in [0.2, 0.25) is 0 Å². The Morgan fingerprint density at radius 2 is 1.79 bits per heavy atom. The highest BCUT2D eigenvalue weighted by molar-refractivity contribution is 6.00. The Kier molecular flexibility index (Phi) is 4.30. The summed E-state index contributed by atoms with van der Waals surface area (Å²) in [6.07, 6.45) is -0.805. The standard InChI is InChI=1S/C11H11NO7/c13-7-3-1-2-5(9(7)16)10(17)12-6(11(18)19)4-8(14)15/h1-3,6,13,16H,4H2,(H,12,17)(H,14,15)(H,18,19). The zero-order valence-corrected chi connectivity index (χ0v) is 9.53. The van der Waals surface area contributed by atoms with Gasteiger partial charge in [-0.05, 0) is 12.1 Å². The molecular formula is C11H11NO7. The van der Waals surface area contributed by atoms with Crippen molar-refractivity contribution in [3.63, 3.8) is 0 Å². The van der Waals surface area contributed by atoms with E-state index in [0.29, 0.717) is 0 Å². The van der Waals surface area contributed by atoms with Gasteiger partial charge in [0.15, 0.2) is 11.5 Å². The topological polar surface area (TPSA) is 144 Å². The molecule has 1 rings (SSSR count). The van der Waals surface area contributed by atoms with Crippen LogP contribution in [0.5, 0.6) is 11.5 Å². The molecule has 0 saturated carbocycles. The van der Waals surface area contributed by atoms with Gasteiger partial charge in [-0.25, -0.2) is 4.79 Å². The average molecular weight is 269 g/mol. The highest BCUT2D eigenvalue weighted by Gasteiger charge is 2.25. The van der Waals surface area contributed by atoms with Crippen molar-refractivity contribution in [1.82, 2.24) is 5.32 Å². The molecule has 19 heavy (non-hydrogen) atoms. The number of nitrogens with one attached hydrogen (secondary N) is 1. The molecule has 8 heteroatoms. The van der Waals surface area contributed by atoms with Gasteiger partial charge in [0.25, 0.3) is 5.91 Å². The summed E-state index contributed by atoms with van der Waals surface area (Å²) in [4.78, 5) is 32.9. The number of carbonyl (C=O) groups is 3. The van der Waals surface area contributed by atoms with Gasteiger partial charge in [-0.2, -0.15) is 0 Å². The third-order valence-electron chi connectivity index (χ3n) is 2.24. The fraction of sp³-hybridized carbons (Fsp3) is 0.182. The highest BCUT2D eigenvalue weighted by atomic mass is 16.4. The van der Waals surface area contributed by atoms with Crippen molar-refractivity contribution in [3.8, 4) is 11.5 Å². The lowest BCUT2D eigenvalue weighted by atomic mass is 10.1. The maximum absolute atomic E-state index is 11.7. The van der Waals surface area contributed by atoms with E-state index in [1.807, 2.05) is 5.32 Å². The molecule has 0 aliphatic rings. The van der Waals surface area contributed by atoms with Crippen molar-refractivity contribution in [2.45, 2.75) is 12.5 Å². The maximum atomic E-state index is 11.7. The van der Waals surface area contributed by atoms with Gasteiger partial charge in [-0.15, -0.1) is 0 Å². The van der Waals surface area contributed by atoms with Gasteiger partial charge in [0, 0.05) is 0 Å². The smallest absolute Gasteiger partial charge is 0.326 e. The summed E-state index contributed by atoms with van der Waals surface area (Å²) in [7, 11) is 0. The predicted molar refractivity (Wildman–Crippen MR) is 60.9 cm³/mol. The average Bonchev–Trinajstić information content (AvgIpc) is 2.31. The molecule has 8 nitrogen and oxygen atoms in total. The monoisotopic (exact) mass is 269 g/mol. The van der Waals surface area contributed by atoms with Crippen molar-refractivity contribution >= 4 is 17.8 Å². The van der Waals surface area contributed by atoms with Crippen molar-refractivity contribution in [1.29, 1.82) is 0 Å². The molecule has 0 heterocycles. The van der Waals surface area contributed by atoms with Gasteiger partial charge >= 0.3 is 11.9 Å². The molecule has 0 aromatic heterocycles. The molecule has 1 unspecified atom stereocenters. The van der Waals surface area contributed by atoms with E-state index in [1.165, 1.54) is 6.07 Å². The van der Waals surface area contributed by atoms with Crippen LogP contribution in [-0.4, -0.2) is 44.3 Å². The zero-order chi connectivity index (χ0) is 14.6. The van der Waals surface area contributed by atoms with Gasteiger partial charge in [0.05, 0.1) is 12.0 Å². The Labute approximate surface area is 106 Å². The third kappa shape index (κ3) is 3.60. The minimum absolute atomic E-state index is 0.350. The molecule has 5 N–H and O–H groups in total. The van der Waals surface area contributed by atoms with Gasteiger partial charge in [-0.1, -0.05) is 6.07 Å². The minimum atomic E-state index is -1.63. The molecular weight excluding hydrogens is 258 g/mol. The molecule has 0 aliphatic carbocycles. The van der Waals surface area contributed by atoms with Crippen LogP contribution in [0.4, 0.5) is 0 Å². The fourth-order valence-corrected chi connectivity index (χ4v) is 1.33. The van der Waals surface area contributed by atoms with Gasteiger partial charge in [0.1, 0.15) is 6.04 Å². The van der Waals surface area contributed by atoms with E-state index >= 15 is 0 Å². The highest BCUT2D eigenvalue weighted by Crippen LogP contribution is 2.28. The van der Waals surface area contributed by atoms with Crippen LogP contribution in [0.3, 0.4) is 0 Å². The molecule has 0 bridgehead atoms. The Hall–Kier alpha value is -2.77. The molecule has 102 valence electrons. The fourth-order valence-electron chi connectivity index (χ4n) is 1.33. The van der Waals surface area contributed by atoms with E-state index in [1.54, 1.807) is 0 Å². The molecule has 1 atom stereocenters. The van der Waals surface area contributed by atoms with Crippen LogP contribution < -0.4 is 5.32 Å². The van der Waals surface area contributed by atoms with Crippen LogP contribution in [-0.2, 0) is 9.59 Å². The Morgan fingerprint density at radius 3 is 2.32 bits per heavy atom. The normalized spacial score (nSPS) is 11.6. The van der Waals surface area contributed by atoms with Crippen LogP contribution in [0, 0.1) is 0 Å². The number of hydrogen-bond acceptors (Lipinski definition) is 5. The second kappa shape index (κ2) is 5.71. The Bertz CT molecular complexity index is 526. The predicted octanol–water partition coefficient (Wildman–Crippen LogP) is -0.245. The first-order valence-electron chi connectivity index (χ1n) is 5.09. The number of phenolic OH excluding ortho intramolecular Hbond substituents is 2. The SMILES string of the molecule is O=C(O)CC(NC(=O)c1cccc(O)c1O)C(=O)O. The van der Waals surface area contributed by atoms with Crippen molar-refractivity contribution in [3.05, 3.63) is 23.8 Å². The van der Waals surface area contributed by atoms with Crippen molar-refractivity contribution in [2.75, 3.05) is 0 Å². The quantitative estimate of drug-likeness (QED) is 0.464. The summed E-state index contributed by atoms with van der Waals surface area (Å²) in [6, 6.07) is 1.94. The number of para-hydroxylation sites is 1. The molecule has 1 amide bonds. The lowest BCUT2D eigenvalue weighted by Crippen LogP contribution is -2.42. The van der Waals surface area contributed by atoms with Gasteiger partial charge < -0.3 is 25.7 Å². The van der Waals surface area contributed by atoms with Crippen molar-refractivity contribution in [2.24, 2.45) is 0 Å². The van der Waals surface area contributed by atoms with Crippen molar-refractivity contribution < 1.29 is 34.8 Å². The number of amides is 1. The van der Waals surface area contributed by atoms with Gasteiger partial charge in [0.2, 0.25) is 0 Å². The maximum Gasteiger partial charge on any atom is 0.326 e. The summed E-state index contributed by atoms with van der Waals surface area (Å²) in [5, 5.41) is 37.8. The number of carboxylic acids is 2. The third-order valence-corrected chi connectivity index (χ3v) is 2.24. The van der Waals surface area contributed by atoms with E-state index in [4.69, 9.17) is 10.2 Å². The summed E-state index contributed by atoms with van der Waals surface area (Å²) >= 11 is 0. The first-order valence-corrected chi connectivity index (χ1v) is 5.09. The molecule has 0 spiro atoms. The number of phenols is 2. The van der Waals surface area contributed by atoms with Crippen LogP contribution >= 0.6 is 0 Å². The number of carboxylic acid groups (broad SMARTS) is 2. The van der Waals surface area contributed by atoms with Gasteiger partial charge in [-0.3, -0.25) is 9.59 Å². The minimum Gasteiger partial charge on any atom is -0.504 e. The second-order valence-corrected chi connectivity index (χ2v) is 3.64. The lowest BCUT2D eigenvalue weighted by Gasteiger charge is -2.13.